The van der Waals surface area contributed by atoms with Crippen molar-refractivity contribution in [1.29, 1.82) is 0 Å². The molecule has 1 aromatic heterocycles. The van der Waals surface area contributed by atoms with Crippen LogP contribution in [0.25, 0.3) is 6.08 Å². The maximum atomic E-state index is 12.3. The molecule has 1 fully saturated rings. The SMILES string of the molecule is CCOC(=O)c1c(C2CC2)csc1NC(=O)/C=C/c1ccc(OC(F)F)cc1. The summed E-state index contributed by atoms with van der Waals surface area (Å²) >= 11 is 1.30. The Bertz CT molecular complexity index is 873. The number of carbonyl (C=O) groups excluding carboxylic acids is 2. The van der Waals surface area contributed by atoms with Crippen molar-refractivity contribution in [2.45, 2.75) is 32.3 Å². The fraction of sp³-hybridized carbons (Fsp3) is 0.300. The second kappa shape index (κ2) is 8.97. The van der Waals surface area contributed by atoms with E-state index in [1.165, 1.54) is 29.5 Å². The Labute approximate surface area is 165 Å². The van der Waals surface area contributed by atoms with Crippen LogP contribution >= 0.6 is 11.3 Å². The van der Waals surface area contributed by atoms with Gasteiger partial charge in [0, 0.05) is 6.08 Å². The van der Waals surface area contributed by atoms with Gasteiger partial charge in [-0.1, -0.05) is 12.1 Å². The fourth-order valence-corrected chi connectivity index (χ4v) is 3.69. The van der Waals surface area contributed by atoms with Crippen molar-refractivity contribution in [3.8, 4) is 5.75 Å². The molecule has 0 spiro atoms. The number of benzene rings is 1. The molecule has 1 aromatic carbocycles. The van der Waals surface area contributed by atoms with Gasteiger partial charge in [0.2, 0.25) is 5.91 Å². The van der Waals surface area contributed by atoms with E-state index < -0.39 is 18.5 Å². The van der Waals surface area contributed by atoms with Crippen LogP contribution in [0.2, 0.25) is 0 Å². The van der Waals surface area contributed by atoms with Crippen molar-refractivity contribution in [2.24, 2.45) is 0 Å². The number of amides is 1. The third-order valence-corrected chi connectivity index (χ3v) is 5.00. The first kappa shape index (κ1) is 20.0. The van der Waals surface area contributed by atoms with Crippen LogP contribution in [0, 0.1) is 0 Å². The molecule has 0 bridgehead atoms. The Morgan fingerprint density at radius 1 is 1.29 bits per heavy atom. The van der Waals surface area contributed by atoms with Gasteiger partial charge in [-0.2, -0.15) is 8.78 Å². The largest absolute Gasteiger partial charge is 0.462 e. The highest BCUT2D eigenvalue weighted by atomic mass is 32.1. The quantitative estimate of drug-likeness (QED) is 0.491. The number of hydrogen-bond donors (Lipinski definition) is 1. The van der Waals surface area contributed by atoms with Gasteiger partial charge in [0.05, 0.1) is 12.2 Å². The predicted molar refractivity (Wildman–Crippen MR) is 103 cm³/mol. The smallest absolute Gasteiger partial charge is 0.387 e. The Hall–Kier alpha value is -2.74. The van der Waals surface area contributed by atoms with Crippen LogP contribution in [0.5, 0.6) is 5.75 Å². The van der Waals surface area contributed by atoms with E-state index in [1.54, 1.807) is 25.1 Å². The maximum Gasteiger partial charge on any atom is 0.387 e. The monoisotopic (exact) mass is 407 g/mol. The van der Waals surface area contributed by atoms with E-state index in [4.69, 9.17) is 4.74 Å². The van der Waals surface area contributed by atoms with Crippen LogP contribution in [-0.2, 0) is 9.53 Å². The van der Waals surface area contributed by atoms with Gasteiger partial charge < -0.3 is 14.8 Å². The second-order valence-corrected chi connectivity index (χ2v) is 7.04. The summed E-state index contributed by atoms with van der Waals surface area (Å²) in [6.45, 7) is -0.885. The molecule has 0 atom stereocenters. The zero-order valence-electron chi connectivity index (χ0n) is 15.1. The first-order valence-electron chi connectivity index (χ1n) is 8.80. The van der Waals surface area contributed by atoms with Gasteiger partial charge in [0.25, 0.3) is 0 Å². The normalized spacial score (nSPS) is 13.7. The van der Waals surface area contributed by atoms with Crippen molar-refractivity contribution >= 4 is 34.3 Å². The molecule has 1 aliphatic rings. The minimum absolute atomic E-state index is 0.0434. The van der Waals surface area contributed by atoms with Gasteiger partial charge >= 0.3 is 12.6 Å². The van der Waals surface area contributed by atoms with Gasteiger partial charge in [-0.25, -0.2) is 4.79 Å². The molecule has 1 aliphatic carbocycles. The summed E-state index contributed by atoms with van der Waals surface area (Å²) in [6.07, 6.45) is 4.92. The summed E-state index contributed by atoms with van der Waals surface area (Å²) in [4.78, 5) is 24.6. The molecule has 0 unspecified atom stereocenters. The number of anilines is 1. The Balaban J connectivity index is 1.67. The molecule has 0 aliphatic heterocycles. The highest BCUT2D eigenvalue weighted by Crippen LogP contribution is 2.46. The Morgan fingerprint density at radius 3 is 2.61 bits per heavy atom. The average Bonchev–Trinajstić information content (AvgIpc) is 3.41. The molecule has 1 saturated carbocycles. The van der Waals surface area contributed by atoms with E-state index in [-0.39, 0.29) is 12.4 Å². The van der Waals surface area contributed by atoms with Crippen LogP contribution in [-0.4, -0.2) is 25.1 Å². The van der Waals surface area contributed by atoms with Gasteiger partial charge in [-0.3, -0.25) is 4.79 Å². The van der Waals surface area contributed by atoms with Gasteiger partial charge in [-0.15, -0.1) is 11.3 Å². The minimum atomic E-state index is -2.88. The highest BCUT2D eigenvalue weighted by molar-refractivity contribution is 7.15. The molecule has 1 amide bonds. The minimum Gasteiger partial charge on any atom is -0.462 e. The highest BCUT2D eigenvalue weighted by Gasteiger charge is 2.32. The molecular formula is C20H19F2NO4S. The molecule has 3 rings (SSSR count). The molecule has 8 heteroatoms. The van der Waals surface area contributed by atoms with Crippen LogP contribution in [0.3, 0.4) is 0 Å². The van der Waals surface area contributed by atoms with Gasteiger partial charge in [0.15, 0.2) is 0 Å². The number of nitrogens with one attached hydrogen (secondary N) is 1. The molecule has 0 radical (unpaired) electrons. The molecular weight excluding hydrogens is 388 g/mol. The molecule has 148 valence electrons. The lowest BCUT2D eigenvalue weighted by Crippen LogP contribution is -2.13. The first-order valence-corrected chi connectivity index (χ1v) is 9.68. The van der Waals surface area contributed by atoms with Gasteiger partial charge in [0.1, 0.15) is 10.8 Å². The lowest BCUT2D eigenvalue weighted by Gasteiger charge is -2.07. The summed E-state index contributed by atoms with van der Waals surface area (Å²) in [7, 11) is 0. The number of thiophene rings is 1. The molecule has 1 heterocycles. The molecule has 2 aromatic rings. The predicted octanol–water partition coefficient (Wildman–Crippen LogP) is 5.06. The number of halogens is 2. The van der Waals surface area contributed by atoms with Crippen LogP contribution in [0.15, 0.2) is 35.7 Å². The molecule has 0 saturated heterocycles. The number of rotatable bonds is 8. The van der Waals surface area contributed by atoms with E-state index >= 15 is 0 Å². The summed E-state index contributed by atoms with van der Waals surface area (Å²) in [5.74, 6) is -0.435. The van der Waals surface area contributed by atoms with E-state index in [0.29, 0.717) is 22.0 Å². The molecule has 5 nitrogen and oxygen atoms in total. The molecule has 28 heavy (non-hydrogen) atoms. The summed E-state index contributed by atoms with van der Waals surface area (Å²) in [6, 6.07) is 5.90. The van der Waals surface area contributed by atoms with E-state index in [1.807, 2.05) is 5.38 Å². The van der Waals surface area contributed by atoms with Crippen molar-refractivity contribution in [2.75, 3.05) is 11.9 Å². The number of esters is 1. The Morgan fingerprint density at radius 2 is 2.00 bits per heavy atom. The van der Waals surface area contributed by atoms with Crippen molar-refractivity contribution in [1.82, 2.24) is 0 Å². The Kier molecular flexibility index (Phi) is 6.41. The van der Waals surface area contributed by atoms with Crippen LogP contribution in [0.4, 0.5) is 13.8 Å². The average molecular weight is 407 g/mol. The zero-order valence-corrected chi connectivity index (χ0v) is 15.9. The number of ether oxygens (including phenoxy) is 2. The van der Waals surface area contributed by atoms with E-state index in [0.717, 1.165) is 18.4 Å². The lowest BCUT2D eigenvalue weighted by atomic mass is 10.1. The third kappa shape index (κ3) is 5.16. The standard InChI is InChI=1S/C20H19F2NO4S/c1-2-26-19(25)17-15(13-6-7-13)11-28-18(17)23-16(24)10-5-12-3-8-14(9-4-12)27-20(21)22/h3-5,8-11,13,20H,2,6-7H2,1H3,(H,23,24)/b10-5+. The van der Waals surface area contributed by atoms with Crippen LogP contribution in [0.1, 0.15) is 47.2 Å². The van der Waals surface area contributed by atoms with E-state index in [9.17, 15) is 18.4 Å². The second-order valence-electron chi connectivity index (χ2n) is 6.16. The fourth-order valence-electron chi connectivity index (χ4n) is 2.66. The topological polar surface area (TPSA) is 64.6 Å². The lowest BCUT2D eigenvalue weighted by molar-refractivity contribution is -0.111. The summed E-state index contributed by atoms with van der Waals surface area (Å²) < 4.78 is 33.7. The van der Waals surface area contributed by atoms with Crippen molar-refractivity contribution in [3.05, 3.63) is 52.4 Å². The number of hydrogen-bond acceptors (Lipinski definition) is 5. The summed E-state index contributed by atoms with van der Waals surface area (Å²) in [5, 5.41) is 5.09. The summed E-state index contributed by atoms with van der Waals surface area (Å²) in [5.41, 5.74) is 2.01. The van der Waals surface area contributed by atoms with Crippen molar-refractivity contribution < 1.29 is 27.8 Å². The van der Waals surface area contributed by atoms with Crippen LogP contribution < -0.4 is 10.1 Å². The number of alkyl halides is 2. The first-order chi connectivity index (χ1) is 13.5. The maximum absolute atomic E-state index is 12.3. The van der Waals surface area contributed by atoms with E-state index in [2.05, 4.69) is 10.1 Å². The zero-order chi connectivity index (χ0) is 20.1. The number of carbonyl (C=O) groups is 2. The van der Waals surface area contributed by atoms with Crippen molar-refractivity contribution in [3.63, 3.8) is 0 Å². The van der Waals surface area contributed by atoms with Gasteiger partial charge in [-0.05, 0) is 60.4 Å². The third-order valence-electron chi connectivity index (χ3n) is 4.09. The molecule has 1 N–H and O–H groups in total.